The van der Waals surface area contributed by atoms with Crippen molar-refractivity contribution < 1.29 is 4.79 Å². The zero-order valence-electron chi connectivity index (χ0n) is 13.8. The third-order valence-corrected chi connectivity index (χ3v) is 6.93. The van der Waals surface area contributed by atoms with Crippen LogP contribution in [-0.2, 0) is 0 Å². The Hall–Kier alpha value is -1.47. The van der Waals surface area contributed by atoms with Crippen molar-refractivity contribution in [2.45, 2.75) is 25.3 Å². The third-order valence-electron chi connectivity index (χ3n) is 4.64. The summed E-state index contributed by atoms with van der Waals surface area (Å²) in [5, 5.41) is 4.10. The van der Waals surface area contributed by atoms with Gasteiger partial charge in [0.2, 0.25) is 0 Å². The van der Waals surface area contributed by atoms with Crippen LogP contribution in [0, 0.1) is 5.92 Å². The lowest BCUT2D eigenvalue weighted by Gasteiger charge is -2.29. The first-order chi connectivity index (χ1) is 11.6. The van der Waals surface area contributed by atoms with Crippen LogP contribution in [-0.4, -0.2) is 23.0 Å². The normalized spacial score (nSPS) is 16.2. The first-order valence-electron chi connectivity index (χ1n) is 8.07. The van der Waals surface area contributed by atoms with Gasteiger partial charge in [0.25, 0.3) is 5.91 Å². The summed E-state index contributed by atoms with van der Waals surface area (Å²) >= 11 is 3.14. The van der Waals surface area contributed by atoms with E-state index in [4.69, 9.17) is 5.73 Å². The van der Waals surface area contributed by atoms with Crippen molar-refractivity contribution in [2.24, 2.45) is 11.7 Å². The Balaban J connectivity index is 0.00000182. The van der Waals surface area contributed by atoms with Gasteiger partial charge in [-0.1, -0.05) is 12.1 Å². The molecule has 1 aliphatic carbocycles. The van der Waals surface area contributed by atoms with Gasteiger partial charge in [0.15, 0.2) is 0 Å². The molecule has 3 aromatic rings. The van der Waals surface area contributed by atoms with Crippen molar-refractivity contribution in [1.29, 1.82) is 0 Å². The van der Waals surface area contributed by atoms with Crippen LogP contribution in [0.1, 0.15) is 29.4 Å². The molecule has 3 N–H and O–H groups in total. The molecule has 0 radical (unpaired) electrons. The lowest BCUT2D eigenvalue weighted by molar-refractivity contribution is 0.0902. The van der Waals surface area contributed by atoms with Gasteiger partial charge >= 0.3 is 0 Å². The minimum absolute atomic E-state index is 0. The first kappa shape index (κ1) is 18.3. The summed E-state index contributed by atoms with van der Waals surface area (Å²) in [5.41, 5.74) is 6.60. The molecular formula is C18H20ClN3OS2. The molecule has 1 amide bonds. The number of carbonyl (C=O) groups is 1. The predicted molar refractivity (Wildman–Crippen MR) is 108 cm³/mol. The zero-order valence-corrected chi connectivity index (χ0v) is 16.3. The number of fused-ring (bicyclic) bond motifs is 1. The summed E-state index contributed by atoms with van der Waals surface area (Å²) in [7, 11) is 0. The molecular weight excluding hydrogens is 374 g/mol. The molecule has 4 nitrogen and oxygen atoms in total. The molecule has 0 spiro atoms. The number of para-hydroxylation sites is 1. The Morgan fingerprint density at radius 3 is 2.72 bits per heavy atom. The number of rotatable bonds is 5. The number of thiophene rings is 1. The molecule has 0 bridgehead atoms. The van der Waals surface area contributed by atoms with Gasteiger partial charge in [0.05, 0.1) is 25.5 Å². The summed E-state index contributed by atoms with van der Waals surface area (Å²) in [4.78, 5) is 19.0. The van der Waals surface area contributed by atoms with Crippen LogP contribution in [0.2, 0.25) is 0 Å². The van der Waals surface area contributed by atoms with Crippen LogP contribution < -0.4 is 11.1 Å². The maximum atomic E-state index is 12.6. The molecule has 1 unspecified atom stereocenters. The van der Waals surface area contributed by atoms with Crippen LogP contribution >= 0.6 is 35.1 Å². The van der Waals surface area contributed by atoms with Crippen LogP contribution in [0.4, 0.5) is 0 Å². The highest BCUT2D eigenvalue weighted by atomic mass is 35.5. The summed E-state index contributed by atoms with van der Waals surface area (Å²) < 4.78 is 1.16. The number of nitrogens with one attached hydrogen (secondary N) is 1. The number of nitrogens with two attached hydrogens (primary N) is 1. The fourth-order valence-electron chi connectivity index (χ4n) is 2.91. The van der Waals surface area contributed by atoms with Gasteiger partial charge in [0, 0.05) is 6.54 Å². The Labute approximate surface area is 160 Å². The predicted octanol–water partition coefficient (Wildman–Crippen LogP) is 4.30. The summed E-state index contributed by atoms with van der Waals surface area (Å²) in [6.45, 7) is 2.52. The topological polar surface area (TPSA) is 68.0 Å². The molecule has 1 aromatic carbocycles. The molecule has 2 heterocycles. The smallest absolute Gasteiger partial charge is 0.261 e. The third kappa shape index (κ3) is 3.58. The summed E-state index contributed by atoms with van der Waals surface area (Å²) in [6.07, 6.45) is 2.30. The second-order valence-corrected chi connectivity index (χ2v) is 8.62. The average Bonchev–Trinajstić information content (AvgIpc) is 3.18. The highest BCUT2D eigenvalue weighted by molar-refractivity contribution is 7.26. The largest absolute Gasteiger partial charge is 0.345 e. The second-order valence-electron chi connectivity index (χ2n) is 6.50. The van der Waals surface area contributed by atoms with E-state index in [0.717, 1.165) is 32.9 Å². The number of hydrogen-bond acceptors (Lipinski definition) is 5. The number of halogens is 1. The molecule has 1 aliphatic rings. The molecule has 1 saturated carbocycles. The van der Waals surface area contributed by atoms with E-state index in [1.807, 2.05) is 37.3 Å². The fourth-order valence-corrected chi connectivity index (χ4v) is 4.84. The van der Waals surface area contributed by atoms with Crippen LogP contribution in [0.25, 0.3) is 20.1 Å². The molecule has 2 aromatic heterocycles. The van der Waals surface area contributed by atoms with Crippen molar-refractivity contribution >= 4 is 51.2 Å². The number of hydrogen-bond donors (Lipinski definition) is 2. The molecule has 25 heavy (non-hydrogen) atoms. The Morgan fingerprint density at radius 1 is 1.28 bits per heavy atom. The van der Waals surface area contributed by atoms with Gasteiger partial charge in [0.1, 0.15) is 5.01 Å². The van der Waals surface area contributed by atoms with E-state index >= 15 is 0 Å². The number of thiazole rings is 1. The average molecular weight is 394 g/mol. The highest BCUT2D eigenvalue weighted by Crippen LogP contribution is 2.39. The number of carbonyl (C=O) groups excluding carboxylic acids is 1. The Kier molecular flexibility index (Phi) is 5.16. The van der Waals surface area contributed by atoms with E-state index in [0.29, 0.717) is 17.3 Å². The van der Waals surface area contributed by atoms with Gasteiger partial charge in [-0.3, -0.25) is 4.79 Å². The fraction of sp³-hybridized carbons (Fsp3) is 0.333. The van der Waals surface area contributed by atoms with Gasteiger partial charge in [-0.05, 0) is 49.9 Å². The van der Waals surface area contributed by atoms with Gasteiger partial charge in [-0.25, -0.2) is 4.98 Å². The van der Waals surface area contributed by atoms with Gasteiger partial charge in [-0.15, -0.1) is 35.1 Å². The van der Waals surface area contributed by atoms with E-state index in [-0.39, 0.29) is 23.9 Å². The minimum Gasteiger partial charge on any atom is -0.345 e. The van der Waals surface area contributed by atoms with Crippen molar-refractivity contribution in [2.75, 3.05) is 6.54 Å². The zero-order chi connectivity index (χ0) is 16.7. The molecule has 1 atom stereocenters. The molecule has 1 fully saturated rings. The van der Waals surface area contributed by atoms with Crippen LogP contribution in [0.15, 0.2) is 36.4 Å². The summed E-state index contributed by atoms with van der Waals surface area (Å²) in [6, 6.07) is 12.0. The standard InChI is InChI=1S/C18H19N3OS2.ClH/c1-18(10-19,11-6-7-11)21-16(22)14-8-9-15(23-14)17-20-12-4-2-3-5-13(12)24-17;/h2-5,8-9,11H,6-7,10,19H2,1H3,(H,21,22);1H. The Bertz CT molecular complexity index is 870. The highest BCUT2D eigenvalue weighted by Gasteiger charge is 2.41. The summed E-state index contributed by atoms with van der Waals surface area (Å²) in [5.74, 6) is 0.474. The maximum Gasteiger partial charge on any atom is 0.261 e. The van der Waals surface area contributed by atoms with Crippen molar-refractivity contribution in [3.05, 3.63) is 41.3 Å². The second kappa shape index (κ2) is 7.03. The molecule has 7 heteroatoms. The maximum absolute atomic E-state index is 12.6. The molecule has 4 rings (SSSR count). The van der Waals surface area contributed by atoms with E-state index in [2.05, 4.69) is 16.4 Å². The van der Waals surface area contributed by atoms with E-state index in [1.54, 1.807) is 11.3 Å². The molecule has 0 aliphatic heterocycles. The van der Waals surface area contributed by atoms with E-state index in [1.165, 1.54) is 11.3 Å². The molecule has 132 valence electrons. The van der Waals surface area contributed by atoms with Crippen molar-refractivity contribution in [3.8, 4) is 9.88 Å². The van der Waals surface area contributed by atoms with E-state index in [9.17, 15) is 4.79 Å². The Morgan fingerprint density at radius 2 is 2.04 bits per heavy atom. The SMILES string of the molecule is CC(CN)(NC(=O)c1ccc(-c2nc3ccccc3s2)s1)C1CC1.Cl. The van der Waals surface area contributed by atoms with Gasteiger partial charge in [-0.2, -0.15) is 0 Å². The van der Waals surface area contributed by atoms with Crippen molar-refractivity contribution in [3.63, 3.8) is 0 Å². The lowest BCUT2D eigenvalue weighted by Crippen LogP contribution is -2.53. The minimum atomic E-state index is -0.295. The quantitative estimate of drug-likeness (QED) is 0.678. The monoisotopic (exact) mass is 393 g/mol. The van der Waals surface area contributed by atoms with Crippen LogP contribution in [0.5, 0.6) is 0 Å². The number of aromatic nitrogens is 1. The van der Waals surface area contributed by atoms with Gasteiger partial charge < -0.3 is 11.1 Å². The first-order valence-corrected chi connectivity index (χ1v) is 9.71. The lowest BCUT2D eigenvalue weighted by atomic mass is 9.96. The molecule has 0 saturated heterocycles. The van der Waals surface area contributed by atoms with Crippen LogP contribution in [0.3, 0.4) is 0 Å². The van der Waals surface area contributed by atoms with Crippen molar-refractivity contribution in [1.82, 2.24) is 10.3 Å². The van der Waals surface area contributed by atoms with E-state index < -0.39 is 0 Å². The number of benzene rings is 1. The number of amides is 1. The number of nitrogens with zero attached hydrogens (tertiary/aromatic N) is 1.